The second-order valence-corrected chi connectivity index (χ2v) is 20.6. The molecule has 1 atom stereocenters. The molecule has 0 saturated carbocycles. The van der Waals surface area contributed by atoms with Gasteiger partial charge >= 0.3 is 17.9 Å². The van der Waals surface area contributed by atoms with E-state index in [1.807, 2.05) is 0 Å². The van der Waals surface area contributed by atoms with Crippen molar-refractivity contribution in [2.24, 2.45) is 0 Å². The zero-order valence-corrected chi connectivity index (χ0v) is 48.1. The molecule has 6 nitrogen and oxygen atoms in total. The van der Waals surface area contributed by atoms with Gasteiger partial charge in [0, 0.05) is 19.3 Å². The average molecular weight is 1020 g/mol. The third-order valence-corrected chi connectivity index (χ3v) is 13.3. The van der Waals surface area contributed by atoms with Crippen LogP contribution in [0.1, 0.15) is 303 Å². The van der Waals surface area contributed by atoms with Crippen LogP contribution in [0.15, 0.2) is 85.1 Å². The molecular weight excluding hydrogens is 901 g/mol. The summed E-state index contributed by atoms with van der Waals surface area (Å²) in [7, 11) is 0. The lowest BCUT2D eigenvalue weighted by Gasteiger charge is -2.18. The van der Waals surface area contributed by atoms with Crippen LogP contribution in [0.3, 0.4) is 0 Å². The molecule has 0 aliphatic rings. The predicted molar refractivity (Wildman–Crippen MR) is 316 cm³/mol. The summed E-state index contributed by atoms with van der Waals surface area (Å²) >= 11 is 0. The van der Waals surface area contributed by atoms with Crippen LogP contribution in [0.25, 0.3) is 0 Å². The number of hydrogen-bond acceptors (Lipinski definition) is 6. The van der Waals surface area contributed by atoms with E-state index in [1.54, 1.807) is 0 Å². The minimum Gasteiger partial charge on any atom is -0.462 e. The molecule has 0 bridgehead atoms. The van der Waals surface area contributed by atoms with Crippen LogP contribution >= 0.6 is 0 Å². The Kier molecular flexibility index (Phi) is 58.3. The quantitative estimate of drug-likeness (QED) is 0.0261. The molecule has 0 aliphatic carbocycles. The van der Waals surface area contributed by atoms with Crippen molar-refractivity contribution in [2.45, 2.75) is 309 Å². The average Bonchev–Trinajstić information content (AvgIpc) is 3.39. The largest absolute Gasteiger partial charge is 0.462 e. The standard InChI is InChI=1S/C67H116O6/c1-4-7-10-13-16-19-22-25-28-31-32-33-34-37-39-42-45-48-51-54-57-60-66(69)72-63-64(73-67(70)61-58-55-52-49-46-43-40-36-30-27-24-21-18-15-12-9-6-3)62-71-65(68)59-56-53-50-47-44-41-38-35-29-26-23-20-17-14-11-8-5-2/h17-18,20-21,25-30,38,41,47,50,64H,4-16,19,22-24,31-37,39-40,42-46,48-49,51-63H2,1-3H3/b20-17-,21-18-,28-25-,29-26-,30-27-,41-38-,50-47-/t64-/m1/s1. The molecule has 0 spiro atoms. The minimum absolute atomic E-state index is 0.0963. The van der Waals surface area contributed by atoms with Gasteiger partial charge < -0.3 is 14.2 Å². The number of unbranched alkanes of at least 4 members (excludes halogenated alkanes) is 31. The van der Waals surface area contributed by atoms with Gasteiger partial charge in [0.2, 0.25) is 0 Å². The maximum Gasteiger partial charge on any atom is 0.306 e. The molecule has 420 valence electrons. The molecule has 0 aromatic heterocycles. The zero-order valence-electron chi connectivity index (χ0n) is 48.1. The summed E-state index contributed by atoms with van der Waals surface area (Å²) in [5.74, 6) is -0.954. The first kappa shape index (κ1) is 69.6. The van der Waals surface area contributed by atoms with Gasteiger partial charge in [0.25, 0.3) is 0 Å². The Balaban J connectivity index is 4.44. The Bertz CT molecular complexity index is 1400. The fourth-order valence-electron chi connectivity index (χ4n) is 8.64. The van der Waals surface area contributed by atoms with Gasteiger partial charge in [0.15, 0.2) is 6.10 Å². The summed E-state index contributed by atoms with van der Waals surface area (Å²) in [5, 5.41) is 0. The SMILES string of the molecule is CCCCC/C=C\C/C=C\C/C=C\C/C=C\CCCC(=O)OC[C@H](COC(=O)CCCCCCCCCCCCC/C=C\CCCCCCCC)OC(=O)CCCCCCCCC/C=C\C/C=C\CCCCC. The second-order valence-electron chi connectivity index (χ2n) is 20.6. The maximum atomic E-state index is 12.9. The third kappa shape index (κ3) is 59.3. The fraction of sp³-hybridized carbons (Fsp3) is 0.746. The molecule has 0 saturated heterocycles. The van der Waals surface area contributed by atoms with Crippen LogP contribution < -0.4 is 0 Å². The summed E-state index contributed by atoms with van der Waals surface area (Å²) in [6.07, 6.45) is 80.1. The van der Waals surface area contributed by atoms with Crippen LogP contribution in [0, 0.1) is 0 Å². The van der Waals surface area contributed by atoms with E-state index in [2.05, 4.69) is 106 Å². The van der Waals surface area contributed by atoms with Crippen LogP contribution in [-0.2, 0) is 28.6 Å². The molecule has 0 amide bonds. The lowest BCUT2D eigenvalue weighted by Crippen LogP contribution is -2.30. The first-order valence-electron chi connectivity index (χ1n) is 31.1. The summed E-state index contributed by atoms with van der Waals surface area (Å²) in [6.45, 7) is 6.56. The van der Waals surface area contributed by atoms with Crippen molar-refractivity contribution < 1.29 is 28.6 Å². The van der Waals surface area contributed by atoms with Crippen molar-refractivity contribution in [1.82, 2.24) is 0 Å². The number of allylic oxidation sites excluding steroid dienone is 14. The van der Waals surface area contributed by atoms with E-state index in [0.29, 0.717) is 19.3 Å². The maximum absolute atomic E-state index is 12.9. The molecule has 73 heavy (non-hydrogen) atoms. The first-order valence-corrected chi connectivity index (χ1v) is 31.1. The fourth-order valence-corrected chi connectivity index (χ4v) is 8.64. The molecule has 6 heteroatoms. The second kappa shape index (κ2) is 61.1. The van der Waals surface area contributed by atoms with Gasteiger partial charge in [-0.1, -0.05) is 254 Å². The highest BCUT2D eigenvalue weighted by molar-refractivity contribution is 5.71. The van der Waals surface area contributed by atoms with E-state index in [4.69, 9.17) is 14.2 Å². The van der Waals surface area contributed by atoms with Gasteiger partial charge in [0.1, 0.15) is 13.2 Å². The Hall–Kier alpha value is -3.41. The van der Waals surface area contributed by atoms with E-state index >= 15 is 0 Å². The van der Waals surface area contributed by atoms with Crippen LogP contribution in [0.5, 0.6) is 0 Å². The van der Waals surface area contributed by atoms with Gasteiger partial charge in [-0.25, -0.2) is 0 Å². The lowest BCUT2D eigenvalue weighted by molar-refractivity contribution is -0.167. The van der Waals surface area contributed by atoms with Crippen LogP contribution in [-0.4, -0.2) is 37.2 Å². The number of hydrogen-bond donors (Lipinski definition) is 0. The minimum atomic E-state index is -0.804. The third-order valence-electron chi connectivity index (χ3n) is 13.3. The number of carbonyl (C=O) groups excluding carboxylic acids is 3. The van der Waals surface area contributed by atoms with Crippen LogP contribution in [0.4, 0.5) is 0 Å². The Morgan fingerprint density at radius 2 is 0.507 bits per heavy atom. The number of esters is 3. The van der Waals surface area contributed by atoms with E-state index in [-0.39, 0.29) is 37.5 Å². The van der Waals surface area contributed by atoms with Gasteiger partial charge in [-0.15, -0.1) is 0 Å². The normalized spacial score (nSPS) is 12.6. The van der Waals surface area contributed by atoms with Crippen molar-refractivity contribution >= 4 is 17.9 Å². The van der Waals surface area contributed by atoms with Crippen LogP contribution in [0.2, 0.25) is 0 Å². The molecule has 0 N–H and O–H groups in total. The smallest absolute Gasteiger partial charge is 0.306 e. The highest BCUT2D eigenvalue weighted by atomic mass is 16.6. The lowest BCUT2D eigenvalue weighted by atomic mass is 10.0. The zero-order chi connectivity index (χ0) is 52.9. The molecule has 0 rings (SSSR count). The molecule has 0 aromatic rings. The van der Waals surface area contributed by atoms with Gasteiger partial charge in [-0.3, -0.25) is 14.4 Å². The monoisotopic (exact) mass is 1020 g/mol. The molecule has 0 heterocycles. The predicted octanol–water partition coefficient (Wildman–Crippen LogP) is 21.1. The molecular formula is C67H116O6. The van der Waals surface area contributed by atoms with Gasteiger partial charge in [0.05, 0.1) is 0 Å². The van der Waals surface area contributed by atoms with Gasteiger partial charge in [-0.05, 0) is 116 Å². The highest BCUT2D eigenvalue weighted by Gasteiger charge is 2.19. The van der Waals surface area contributed by atoms with Crippen molar-refractivity contribution in [2.75, 3.05) is 13.2 Å². The molecule has 0 radical (unpaired) electrons. The summed E-state index contributed by atoms with van der Waals surface area (Å²) < 4.78 is 16.9. The van der Waals surface area contributed by atoms with Crippen molar-refractivity contribution in [3.8, 4) is 0 Å². The summed E-state index contributed by atoms with van der Waals surface area (Å²) in [5.41, 5.74) is 0. The Morgan fingerprint density at radius 1 is 0.274 bits per heavy atom. The highest BCUT2D eigenvalue weighted by Crippen LogP contribution is 2.16. The van der Waals surface area contributed by atoms with Crippen molar-refractivity contribution in [3.05, 3.63) is 85.1 Å². The van der Waals surface area contributed by atoms with Crippen molar-refractivity contribution in [3.63, 3.8) is 0 Å². The van der Waals surface area contributed by atoms with E-state index in [1.165, 1.54) is 180 Å². The van der Waals surface area contributed by atoms with Crippen molar-refractivity contribution in [1.29, 1.82) is 0 Å². The Labute approximate surface area is 452 Å². The number of ether oxygens (including phenoxy) is 3. The number of rotatable bonds is 56. The molecule has 0 unspecified atom stereocenters. The van der Waals surface area contributed by atoms with E-state index < -0.39 is 6.10 Å². The molecule has 0 fully saturated rings. The summed E-state index contributed by atoms with van der Waals surface area (Å²) in [6, 6.07) is 0. The molecule has 0 aliphatic heterocycles. The van der Waals surface area contributed by atoms with E-state index in [0.717, 1.165) is 77.0 Å². The van der Waals surface area contributed by atoms with E-state index in [9.17, 15) is 14.4 Å². The summed E-state index contributed by atoms with van der Waals surface area (Å²) in [4.78, 5) is 38.3. The first-order chi connectivity index (χ1) is 36.0. The Morgan fingerprint density at radius 3 is 0.863 bits per heavy atom. The molecule has 0 aromatic carbocycles. The number of carbonyl (C=O) groups is 3. The topological polar surface area (TPSA) is 78.9 Å². The van der Waals surface area contributed by atoms with Gasteiger partial charge in [-0.2, -0.15) is 0 Å².